The topological polar surface area (TPSA) is 55.6 Å². The molecule has 0 saturated carbocycles. The van der Waals surface area contributed by atoms with Crippen LogP contribution in [0.25, 0.3) is 11.5 Å². The molecule has 0 radical (unpaired) electrons. The van der Waals surface area contributed by atoms with E-state index < -0.39 is 0 Å². The van der Waals surface area contributed by atoms with E-state index in [9.17, 15) is 0 Å². The summed E-state index contributed by atoms with van der Waals surface area (Å²) in [5, 5.41) is 3.30. The summed E-state index contributed by atoms with van der Waals surface area (Å²) in [7, 11) is 1.96. The van der Waals surface area contributed by atoms with E-state index in [1.165, 1.54) is 0 Å². The quantitative estimate of drug-likeness (QED) is 0.874. The lowest BCUT2D eigenvalue weighted by atomic mass is 10.2. The van der Waals surface area contributed by atoms with Crippen LogP contribution < -0.4 is 5.32 Å². The third-order valence-electron chi connectivity index (χ3n) is 2.66. The van der Waals surface area contributed by atoms with Crippen molar-refractivity contribution in [3.05, 3.63) is 24.3 Å². The molecular weight excluding hydrogens is 214 g/mol. The first kappa shape index (κ1) is 11.6. The maximum absolute atomic E-state index is 4.32. The van der Waals surface area contributed by atoms with Gasteiger partial charge in [-0.3, -0.25) is 0 Å². The minimum absolute atomic E-state index is 0.865. The summed E-state index contributed by atoms with van der Waals surface area (Å²) in [6.45, 7) is 5.06. The maximum atomic E-state index is 4.32. The van der Waals surface area contributed by atoms with Crippen LogP contribution in [0.5, 0.6) is 0 Å². The molecule has 2 rings (SSSR count). The first-order valence-electron chi connectivity index (χ1n) is 5.77. The van der Waals surface area contributed by atoms with Gasteiger partial charge in [-0.25, -0.2) is 15.0 Å². The molecule has 2 aromatic rings. The SMILES string of the molecule is CCCNc1ncnc(-c2nccn2C)c1C. The van der Waals surface area contributed by atoms with Crippen molar-refractivity contribution in [1.82, 2.24) is 19.5 Å². The second-order valence-electron chi connectivity index (χ2n) is 3.98. The average molecular weight is 231 g/mol. The molecule has 0 saturated heterocycles. The normalized spacial score (nSPS) is 10.5. The number of hydrogen-bond acceptors (Lipinski definition) is 4. The maximum Gasteiger partial charge on any atom is 0.158 e. The molecule has 5 nitrogen and oxygen atoms in total. The summed E-state index contributed by atoms with van der Waals surface area (Å²) < 4.78 is 1.96. The second-order valence-corrected chi connectivity index (χ2v) is 3.98. The molecule has 0 spiro atoms. The molecule has 2 aromatic heterocycles. The van der Waals surface area contributed by atoms with Crippen LogP contribution in [0, 0.1) is 6.92 Å². The van der Waals surface area contributed by atoms with Gasteiger partial charge in [-0.05, 0) is 13.3 Å². The van der Waals surface area contributed by atoms with E-state index in [0.717, 1.165) is 35.9 Å². The lowest BCUT2D eigenvalue weighted by Crippen LogP contribution is -2.06. The van der Waals surface area contributed by atoms with Gasteiger partial charge in [0.1, 0.15) is 17.8 Å². The summed E-state index contributed by atoms with van der Waals surface area (Å²) in [5.41, 5.74) is 1.92. The standard InChI is InChI=1S/C12H17N5/c1-4-5-13-11-9(2)10(15-8-16-11)12-14-6-7-17(12)3/h6-8H,4-5H2,1-3H3,(H,13,15,16). The van der Waals surface area contributed by atoms with E-state index >= 15 is 0 Å². The summed E-state index contributed by atoms with van der Waals surface area (Å²) >= 11 is 0. The van der Waals surface area contributed by atoms with Crippen LogP contribution in [0.4, 0.5) is 5.82 Å². The van der Waals surface area contributed by atoms with Crippen molar-refractivity contribution >= 4 is 5.82 Å². The summed E-state index contributed by atoms with van der Waals surface area (Å²) in [5.74, 6) is 1.75. The average Bonchev–Trinajstić information content (AvgIpc) is 2.74. The Hall–Kier alpha value is -1.91. The summed E-state index contributed by atoms with van der Waals surface area (Å²) in [6, 6.07) is 0. The van der Waals surface area contributed by atoms with Gasteiger partial charge in [0.05, 0.1) is 0 Å². The molecule has 0 fully saturated rings. The zero-order valence-corrected chi connectivity index (χ0v) is 10.4. The van der Waals surface area contributed by atoms with Gasteiger partial charge in [0.15, 0.2) is 5.82 Å². The van der Waals surface area contributed by atoms with Crippen molar-refractivity contribution in [3.8, 4) is 11.5 Å². The van der Waals surface area contributed by atoms with Gasteiger partial charge in [-0.2, -0.15) is 0 Å². The Balaban J connectivity index is 2.39. The number of aryl methyl sites for hydroxylation is 1. The van der Waals surface area contributed by atoms with Crippen LogP contribution in [0.1, 0.15) is 18.9 Å². The fourth-order valence-electron chi connectivity index (χ4n) is 1.69. The van der Waals surface area contributed by atoms with Gasteiger partial charge in [-0.15, -0.1) is 0 Å². The molecule has 17 heavy (non-hydrogen) atoms. The van der Waals surface area contributed by atoms with Gasteiger partial charge in [-0.1, -0.05) is 6.92 Å². The van der Waals surface area contributed by atoms with Crippen LogP contribution >= 0.6 is 0 Å². The van der Waals surface area contributed by atoms with E-state index in [-0.39, 0.29) is 0 Å². The van der Waals surface area contributed by atoms with Gasteiger partial charge < -0.3 is 9.88 Å². The van der Waals surface area contributed by atoms with Crippen molar-refractivity contribution in [2.45, 2.75) is 20.3 Å². The fraction of sp³-hybridized carbons (Fsp3) is 0.417. The first-order valence-corrected chi connectivity index (χ1v) is 5.77. The van der Waals surface area contributed by atoms with Crippen molar-refractivity contribution in [1.29, 1.82) is 0 Å². The number of nitrogens with one attached hydrogen (secondary N) is 1. The fourth-order valence-corrected chi connectivity index (χ4v) is 1.69. The summed E-state index contributed by atoms with van der Waals surface area (Å²) in [6.07, 6.45) is 6.34. The van der Waals surface area contributed by atoms with E-state index in [4.69, 9.17) is 0 Å². The van der Waals surface area contributed by atoms with Crippen LogP contribution in [0.15, 0.2) is 18.7 Å². The van der Waals surface area contributed by atoms with Crippen LogP contribution in [0.3, 0.4) is 0 Å². The number of anilines is 1. The van der Waals surface area contributed by atoms with E-state index in [1.807, 2.05) is 24.7 Å². The molecule has 90 valence electrons. The monoisotopic (exact) mass is 231 g/mol. The first-order chi connectivity index (χ1) is 8.24. The van der Waals surface area contributed by atoms with Gasteiger partial charge in [0.25, 0.3) is 0 Å². The Morgan fingerprint density at radius 2 is 2.12 bits per heavy atom. The predicted octanol–water partition coefficient (Wildman–Crippen LogP) is 2.01. The van der Waals surface area contributed by atoms with Crippen molar-refractivity contribution in [2.24, 2.45) is 7.05 Å². The Morgan fingerprint density at radius 3 is 2.76 bits per heavy atom. The highest BCUT2D eigenvalue weighted by Gasteiger charge is 2.11. The molecule has 0 bridgehead atoms. The molecule has 0 unspecified atom stereocenters. The molecule has 0 aliphatic rings. The third kappa shape index (κ3) is 2.27. The van der Waals surface area contributed by atoms with E-state index in [0.29, 0.717) is 0 Å². The minimum atomic E-state index is 0.865. The molecule has 0 atom stereocenters. The number of nitrogens with zero attached hydrogens (tertiary/aromatic N) is 4. The zero-order chi connectivity index (χ0) is 12.3. The number of rotatable bonds is 4. The number of aromatic nitrogens is 4. The Bertz CT molecular complexity index is 503. The van der Waals surface area contributed by atoms with E-state index in [2.05, 4.69) is 27.2 Å². The molecule has 0 aliphatic heterocycles. The molecule has 0 amide bonds. The van der Waals surface area contributed by atoms with Crippen molar-refractivity contribution in [2.75, 3.05) is 11.9 Å². The molecular formula is C12H17N5. The van der Waals surface area contributed by atoms with Crippen LogP contribution in [-0.4, -0.2) is 26.1 Å². The molecule has 1 N–H and O–H groups in total. The highest BCUT2D eigenvalue weighted by atomic mass is 15.1. The van der Waals surface area contributed by atoms with Crippen molar-refractivity contribution in [3.63, 3.8) is 0 Å². The molecule has 0 aliphatic carbocycles. The number of hydrogen-bond donors (Lipinski definition) is 1. The van der Waals surface area contributed by atoms with Gasteiger partial charge in [0.2, 0.25) is 0 Å². The summed E-state index contributed by atoms with van der Waals surface area (Å²) in [4.78, 5) is 12.9. The van der Waals surface area contributed by atoms with Crippen LogP contribution in [-0.2, 0) is 7.05 Å². The Kier molecular flexibility index (Phi) is 3.37. The Morgan fingerprint density at radius 1 is 1.29 bits per heavy atom. The van der Waals surface area contributed by atoms with Crippen molar-refractivity contribution < 1.29 is 0 Å². The third-order valence-corrected chi connectivity index (χ3v) is 2.66. The molecule has 5 heteroatoms. The van der Waals surface area contributed by atoms with Crippen LogP contribution in [0.2, 0.25) is 0 Å². The van der Waals surface area contributed by atoms with E-state index in [1.54, 1.807) is 12.5 Å². The van der Waals surface area contributed by atoms with Gasteiger partial charge >= 0.3 is 0 Å². The molecule has 2 heterocycles. The van der Waals surface area contributed by atoms with Gasteiger partial charge in [0, 0.05) is 31.5 Å². The highest BCUT2D eigenvalue weighted by Crippen LogP contribution is 2.22. The molecule has 0 aromatic carbocycles. The second kappa shape index (κ2) is 4.95. The predicted molar refractivity (Wildman–Crippen MR) is 67.8 cm³/mol. The smallest absolute Gasteiger partial charge is 0.158 e. The number of imidazole rings is 1. The largest absolute Gasteiger partial charge is 0.370 e. The highest BCUT2D eigenvalue weighted by molar-refractivity contribution is 5.62. The lowest BCUT2D eigenvalue weighted by Gasteiger charge is -2.10. The minimum Gasteiger partial charge on any atom is -0.370 e. The zero-order valence-electron chi connectivity index (χ0n) is 10.4. The lowest BCUT2D eigenvalue weighted by molar-refractivity contribution is 0.909. The Labute approximate surface area is 101 Å².